The number of alkyl halides is 3. The van der Waals surface area contributed by atoms with Gasteiger partial charge in [0.05, 0.1) is 12.7 Å². The Kier molecular flexibility index (Phi) is 6.85. The Morgan fingerprint density at radius 1 is 1.42 bits per heavy atom. The molecule has 0 heterocycles. The molecule has 0 bridgehead atoms. The van der Waals surface area contributed by atoms with Crippen LogP contribution in [0.25, 0.3) is 0 Å². The third-order valence-electron chi connectivity index (χ3n) is 2.78. The van der Waals surface area contributed by atoms with Crippen molar-refractivity contribution >= 4 is 21.8 Å². The smallest absolute Gasteiger partial charge is 0.371 e. The van der Waals surface area contributed by atoms with Crippen LogP contribution >= 0.6 is 15.9 Å². The third kappa shape index (κ3) is 6.42. The van der Waals surface area contributed by atoms with Gasteiger partial charge in [0.15, 0.2) is 0 Å². The first-order valence-corrected chi connectivity index (χ1v) is 7.02. The summed E-state index contributed by atoms with van der Waals surface area (Å²) in [5, 5.41) is 1.78. The summed E-state index contributed by atoms with van der Waals surface area (Å²) in [6.07, 6.45) is 2.20. The van der Waals surface area contributed by atoms with Gasteiger partial charge in [0, 0.05) is 11.0 Å². The van der Waals surface area contributed by atoms with Crippen molar-refractivity contribution in [1.29, 1.82) is 0 Å². The molecular weight excluding hydrogens is 327 g/mol. The Bertz CT molecular complexity index is 331. The quantitative estimate of drug-likeness (QED) is 0.795. The summed E-state index contributed by atoms with van der Waals surface area (Å²) in [4.78, 5) is 10.6. The standard InChI is InChI=1S/C12H17BrF3NO2/c13-9-5-3-1-2-4-6-10(9)19-8-7-17-11(18)12(14,15)16/h5,10H,1-4,6-8H2,(H,17,18). The van der Waals surface area contributed by atoms with Crippen LogP contribution in [0.1, 0.15) is 32.1 Å². The first kappa shape index (κ1) is 16.5. The van der Waals surface area contributed by atoms with Crippen molar-refractivity contribution in [2.45, 2.75) is 44.4 Å². The van der Waals surface area contributed by atoms with Crippen LogP contribution in [0, 0.1) is 0 Å². The summed E-state index contributed by atoms with van der Waals surface area (Å²) < 4.78 is 42.2. The molecule has 1 aliphatic carbocycles. The highest BCUT2D eigenvalue weighted by Crippen LogP contribution is 2.24. The molecule has 1 N–H and O–H groups in total. The van der Waals surface area contributed by atoms with E-state index in [1.165, 1.54) is 0 Å². The van der Waals surface area contributed by atoms with Gasteiger partial charge in [0.25, 0.3) is 0 Å². The lowest BCUT2D eigenvalue weighted by molar-refractivity contribution is -0.173. The van der Waals surface area contributed by atoms with Crippen LogP contribution in [-0.2, 0) is 9.53 Å². The fourth-order valence-electron chi connectivity index (χ4n) is 1.79. The third-order valence-corrected chi connectivity index (χ3v) is 3.62. The van der Waals surface area contributed by atoms with Gasteiger partial charge < -0.3 is 10.1 Å². The maximum atomic E-state index is 11.9. The molecular formula is C12H17BrF3NO2. The molecule has 1 atom stereocenters. The monoisotopic (exact) mass is 343 g/mol. The average molecular weight is 344 g/mol. The number of hydrogen-bond acceptors (Lipinski definition) is 2. The number of hydrogen-bond donors (Lipinski definition) is 1. The van der Waals surface area contributed by atoms with Crippen molar-refractivity contribution in [3.63, 3.8) is 0 Å². The van der Waals surface area contributed by atoms with E-state index < -0.39 is 12.1 Å². The fraction of sp³-hybridized carbons (Fsp3) is 0.750. The second kappa shape index (κ2) is 7.89. The second-order valence-electron chi connectivity index (χ2n) is 4.34. The lowest BCUT2D eigenvalue weighted by Gasteiger charge is -2.20. The van der Waals surface area contributed by atoms with E-state index in [0.717, 1.165) is 36.6 Å². The van der Waals surface area contributed by atoms with Crippen LogP contribution in [0.2, 0.25) is 0 Å². The summed E-state index contributed by atoms with van der Waals surface area (Å²) >= 11 is 3.42. The fourth-order valence-corrected chi connectivity index (χ4v) is 2.38. The highest BCUT2D eigenvalue weighted by Gasteiger charge is 2.38. The summed E-state index contributed by atoms with van der Waals surface area (Å²) in [5.74, 6) is -1.93. The molecule has 0 aromatic rings. The molecule has 0 radical (unpaired) electrons. The number of allylic oxidation sites excluding steroid dienone is 1. The topological polar surface area (TPSA) is 38.3 Å². The molecule has 1 unspecified atom stereocenters. The maximum absolute atomic E-state index is 11.9. The molecule has 0 aromatic heterocycles. The minimum absolute atomic E-state index is 0.0649. The van der Waals surface area contributed by atoms with Gasteiger partial charge in [-0.05, 0) is 19.3 Å². The number of amides is 1. The van der Waals surface area contributed by atoms with Crippen molar-refractivity contribution in [3.05, 3.63) is 10.6 Å². The molecule has 0 saturated carbocycles. The number of halogens is 4. The number of ether oxygens (including phenoxy) is 1. The largest absolute Gasteiger partial charge is 0.471 e. The highest BCUT2D eigenvalue weighted by atomic mass is 79.9. The van der Waals surface area contributed by atoms with E-state index in [1.807, 2.05) is 6.08 Å². The number of carbonyl (C=O) groups is 1. The Labute approximate surface area is 118 Å². The zero-order valence-electron chi connectivity index (χ0n) is 10.4. The van der Waals surface area contributed by atoms with Crippen LogP contribution in [0.4, 0.5) is 13.2 Å². The van der Waals surface area contributed by atoms with E-state index in [2.05, 4.69) is 15.9 Å². The molecule has 3 nitrogen and oxygen atoms in total. The van der Waals surface area contributed by atoms with Gasteiger partial charge in [-0.3, -0.25) is 4.79 Å². The molecule has 0 saturated heterocycles. The van der Waals surface area contributed by atoms with Crippen LogP contribution in [0.5, 0.6) is 0 Å². The van der Waals surface area contributed by atoms with Crippen molar-refractivity contribution in [3.8, 4) is 0 Å². The second-order valence-corrected chi connectivity index (χ2v) is 5.26. The van der Waals surface area contributed by atoms with E-state index in [1.54, 1.807) is 5.32 Å². The van der Waals surface area contributed by atoms with Gasteiger partial charge >= 0.3 is 12.1 Å². The predicted octanol–water partition coefficient (Wildman–Crippen LogP) is 3.29. The van der Waals surface area contributed by atoms with E-state index in [-0.39, 0.29) is 19.3 Å². The Hall–Kier alpha value is -0.560. The summed E-state index contributed by atoms with van der Waals surface area (Å²) in [7, 11) is 0. The van der Waals surface area contributed by atoms with Crippen LogP contribution < -0.4 is 5.32 Å². The number of carbonyl (C=O) groups excluding carboxylic acids is 1. The van der Waals surface area contributed by atoms with E-state index in [9.17, 15) is 18.0 Å². The Morgan fingerprint density at radius 3 is 2.84 bits per heavy atom. The Balaban J connectivity index is 2.27. The zero-order chi connectivity index (χ0) is 14.3. The molecule has 1 amide bonds. The minimum atomic E-state index is -4.83. The van der Waals surface area contributed by atoms with Gasteiger partial charge in [-0.25, -0.2) is 0 Å². The SMILES string of the molecule is O=C(NCCOC1CCCCCC=C1Br)C(F)(F)F. The lowest BCUT2D eigenvalue weighted by atomic mass is 10.0. The average Bonchev–Trinajstić information content (AvgIpc) is 2.31. The van der Waals surface area contributed by atoms with Crippen molar-refractivity contribution < 1.29 is 22.7 Å². The molecule has 7 heteroatoms. The van der Waals surface area contributed by atoms with E-state index in [0.29, 0.717) is 0 Å². The first-order valence-electron chi connectivity index (χ1n) is 6.23. The van der Waals surface area contributed by atoms with E-state index >= 15 is 0 Å². The van der Waals surface area contributed by atoms with Gasteiger partial charge in [-0.15, -0.1) is 0 Å². The van der Waals surface area contributed by atoms with E-state index in [4.69, 9.17) is 4.74 Å². The van der Waals surface area contributed by atoms with Crippen molar-refractivity contribution in [1.82, 2.24) is 5.32 Å². The normalized spacial score (nSPS) is 21.3. The zero-order valence-corrected chi connectivity index (χ0v) is 12.0. The molecule has 19 heavy (non-hydrogen) atoms. The van der Waals surface area contributed by atoms with Crippen LogP contribution in [-0.4, -0.2) is 31.3 Å². The minimum Gasteiger partial charge on any atom is -0.371 e. The summed E-state index contributed by atoms with van der Waals surface area (Å²) in [5.41, 5.74) is 0. The van der Waals surface area contributed by atoms with Gasteiger partial charge in [0.1, 0.15) is 0 Å². The molecule has 0 spiro atoms. The molecule has 110 valence electrons. The number of nitrogens with one attached hydrogen (secondary N) is 1. The van der Waals surface area contributed by atoms with Crippen molar-refractivity contribution in [2.75, 3.05) is 13.2 Å². The lowest BCUT2D eigenvalue weighted by Crippen LogP contribution is -2.38. The molecule has 0 aliphatic heterocycles. The maximum Gasteiger partial charge on any atom is 0.471 e. The summed E-state index contributed by atoms with van der Waals surface area (Å²) in [6, 6.07) is 0. The van der Waals surface area contributed by atoms with Gasteiger partial charge in [-0.2, -0.15) is 13.2 Å². The first-order chi connectivity index (χ1) is 8.91. The molecule has 1 rings (SSSR count). The molecule has 1 aliphatic rings. The van der Waals surface area contributed by atoms with Crippen LogP contribution in [0.15, 0.2) is 10.6 Å². The number of rotatable bonds is 4. The van der Waals surface area contributed by atoms with Crippen molar-refractivity contribution in [2.24, 2.45) is 0 Å². The predicted molar refractivity (Wildman–Crippen MR) is 68.9 cm³/mol. The van der Waals surface area contributed by atoms with Gasteiger partial charge in [-0.1, -0.05) is 34.8 Å². The molecule has 0 aromatic carbocycles. The summed E-state index contributed by atoms with van der Waals surface area (Å²) in [6.45, 7) is -0.0788. The highest BCUT2D eigenvalue weighted by molar-refractivity contribution is 9.11. The van der Waals surface area contributed by atoms with Crippen LogP contribution in [0.3, 0.4) is 0 Å². The van der Waals surface area contributed by atoms with Gasteiger partial charge in [0.2, 0.25) is 0 Å². The molecule has 0 fully saturated rings. The Morgan fingerprint density at radius 2 is 2.16 bits per heavy atom.